The molecule has 0 N–H and O–H groups in total. The fraction of sp³-hybridized carbons (Fsp3) is 0.259. The van der Waals surface area contributed by atoms with Crippen molar-refractivity contribution >= 4 is 10.9 Å². The molecule has 7 nitrogen and oxygen atoms in total. The first-order valence-corrected chi connectivity index (χ1v) is 11.3. The molecule has 0 atom stereocenters. The Morgan fingerprint density at radius 2 is 1.53 bits per heavy atom. The monoisotopic (exact) mass is 460 g/mol. The number of methoxy groups -OCH3 is 1. The van der Waals surface area contributed by atoms with Crippen LogP contribution in [0.2, 0.25) is 0 Å². The molecule has 0 bridgehead atoms. The number of benzene rings is 3. The Balaban J connectivity index is 1.45. The number of hydrogen-bond donors (Lipinski definition) is 0. The molecule has 0 fully saturated rings. The van der Waals surface area contributed by atoms with Crippen molar-refractivity contribution in [3.05, 3.63) is 83.2 Å². The lowest BCUT2D eigenvalue weighted by molar-refractivity contribution is 0.0928. The van der Waals surface area contributed by atoms with Crippen molar-refractivity contribution in [2.24, 2.45) is 0 Å². The van der Waals surface area contributed by atoms with E-state index < -0.39 is 0 Å². The first kappa shape index (κ1) is 23.3. The van der Waals surface area contributed by atoms with E-state index in [1.54, 1.807) is 17.7 Å². The topological polar surface area (TPSA) is 71.8 Å². The molecule has 0 radical (unpaired) electrons. The number of hydrogen-bond acceptors (Lipinski definition) is 6. The smallest absolute Gasteiger partial charge is 0.261 e. The van der Waals surface area contributed by atoms with Crippen LogP contribution in [0, 0.1) is 0 Å². The van der Waals surface area contributed by atoms with Gasteiger partial charge in [0.1, 0.15) is 18.2 Å². The molecule has 0 aliphatic rings. The summed E-state index contributed by atoms with van der Waals surface area (Å²) in [7, 11) is 1.62. The maximum Gasteiger partial charge on any atom is 0.261 e. The van der Waals surface area contributed by atoms with Gasteiger partial charge in [-0.15, -0.1) is 0 Å². The van der Waals surface area contributed by atoms with Gasteiger partial charge in [0.25, 0.3) is 5.56 Å². The Labute approximate surface area is 198 Å². The van der Waals surface area contributed by atoms with Gasteiger partial charge in [0, 0.05) is 5.56 Å². The maximum atomic E-state index is 13.3. The molecule has 0 aliphatic carbocycles. The number of rotatable bonds is 11. The first-order valence-electron chi connectivity index (χ1n) is 11.3. The molecule has 1 heterocycles. The predicted octanol–water partition coefficient (Wildman–Crippen LogP) is 4.57. The highest BCUT2D eigenvalue weighted by Gasteiger charge is 2.13. The van der Waals surface area contributed by atoms with Crippen molar-refractivity contribution in [3.63, 3.8) is 0 Å². The largest absolute Gasteiger partial charge is 0.497 e. The molecule has 0 aliphatic heterocycles. The lowest BCUT2D eigenvalue weighted by Crippen LogP contribution is -2.26. The fourth-order valence-electron chi connectivity index (χ4n) is 3.65. The highest BCUT2D eigenvalue weighted by Crippen LogP contribution is 2.26. The van der Waals surface area contributed by atoms with E-state index in [4.69, 9.17) is 23.9 Å². The summed E-state index contributed by atoms with van der Waals surface area (Å²) in [5, 5.41) is 0.579. The minimum Gasteiger partial charge on any atom is -0.497 e. The van der Waals surface area contributed by atoms with Crippen molar-refractivity contribution < 1.29 is 18.9 Å². The van der Waals surface area contributed by atoms with Crippen LogP contribution in [0.3, 0.4) is 0 Å². The van der Waals surface area contributed by atoms with Crippen molar-refractivity contribution in [2.75, 3.05) is 33.5 Å². The molecule has 3 aromatic carbocycles. The van der Waals surface area contributed by atoms with E-state index in [0.717, 1.165) is 11.3 Å². The summed E-state index contributed by atoms with van der Waals surface area (Å²) in [6.07, 6.45) is 0. The molecule has 4 aromatic rings. The molecule has 176 valence electrons. The van der Waals surface area contributed by atoms with Gasteiger partial charge >= 0.3 is 0 Å². The van der Waals surface area contributed by atoms with Crippen LogP contribution in [0.25, 0.3) is 22.3 Å². The number of ether oxygens (including phenoxy) is 4. The van der Waals surface area contributed by atoms with Crippen LogP contribution in [-0.2, 0) is 11.3 Å². The van der Waals surface area contributed by atoms with Gasteiger partial charge in [0.2, 0.25) is 0 Å². The SMILES string of the molecule is CCOc1ccccc1OCCOCCn1c(-c2ccc(OC)cc2)nc2ccccc2c1=O. The highest BCUT2D eigenvalue weighted by atomic mass is 16.5. The van der Waals surface area contributed by atoms with Gasteiger partial charge in [0.05, 0.1) is 44.4 Å². The average Bonchev–Trinajstić information content (AvgIpc) is 2.88. The summed E-state index contributed by atoms with van der Waals surface area (Å²) >= 11 is 0. The van der Waals surface area contributed by atoms with E-state index in [1.807, 2.05) is 73.7 Å². The zero-order valence-corrected chi connectivity index (χ0v) is 19.4. The van der Waals surface area contributed by atoms with E-state index in [1.165, 1.54) is 0 Å². The van der Waals surface area contributed by atoms with Crippen molar-refractivity contribution in [1.29, 1.82) is 0 Å². The molecule has 0 spiro atoms. The summed E-state index contributed by atoms with van der Waals surface area (Å²) in [5.41, 5.74) is 1.40. The van der Waals surface area contributed by atoms with Gasteiger partial charge in [0.15, 0.2) is 11.5 Å². The van der Waals surface area contributed by atoms with Gasteiger partial charge in [-0.2, -0.15) is 0 Å². The minimum atomic E-state index is -0.0955. The van der Waals surface area contributed by atoms with E-state index >= 15 is 0 Å². The minimum absolute atomic E-state index is 0.0955. The molecule has 0 saturated heterocycles. The van der Waals surface area contributed by atoms with Crippen LogP contribution in [-0.4, -0.2) is 43.1 Å². The predicted molar refractivity (Wildman–Crippen MR) is 132 cm³/mol. The molecule has 0 saturated carbocycles. The highest BCUT2D eigenvalue weighted by molar-refractivity contribution is 5.79. The van der Waals surface area contributed by atoms with Gasteiger partial charge in [-0.1, -0.05) is 24.3 Å². The summed E-state index contributed by atoms with van der Waals surface area (Å²) in [6.45, 7) is 3.98. The van der Waals surface area contributed by atoms with Gasteiger partial charge in [-0.3, -0.25) is 9.36 Å². The number of para-hydroxylation sites is 3. The van der Waals surface area contributed by atoms with Crippen molar-refractivity contribution in [3.8, 4) is 28.6 Å². The van der Waals surface area contributed by atoms with E-state index in [2.05, 4.69) is 0 Å². The number of aromatic nitrogens is 2. The zero-order valence-electron chi connectivity index (χ0n) is 19.4. The van der Waals surface area contributed by atoms with Gasteiger partial charge < -0.3 is 18.9 Å². The zero-order chi connectivity index (χ0) is 23.8. The second-order valence-corrected chi connectivity index (χ2v) is 7.48. The van der Waals surface area contributed by atoms with Gasteiger partial charge in [-0.25, -0.2) is 4.98 Å². The summed E-state index contributed by atoms with van der Waals surface area (Å²) in [6, 6.07) is 22.4. The van der Waals surface area contributed by atoms with Crippen LogP contribution < -0.4 is 19.8 Å². The van der Waals surface area contributed by atoms with Crippen LogP contribution in [0.4, 0.5) is 0 Å². The molecular weight excluding hydrogens is 432 g/mol. The van der Waals surface area contributed by atoms with Crippen LogP contribution in [0.1, 0.15) is 6.92 Å². The normalized spacial score (nSPS) is 10.9. The maximum absolute atomic E-state index is 13.3. The molecule has 34 heavy (non-hydrogen) atoms. The van der Waals surface area contributed by atoms with E-state index in [9.17, 15) is 4.79 Å². The van der Waals surface area contributed by atoms with E-state index in [-0.39, 0.29) is 5.56 Å². The molecule has 4 rings (SSSR count). The first-order chi connectivity index (χ1) is 16.7. The van der Waals surface area contributed by atoms with Crippen molar-refractivity contribution in [2.45, 2.75) is 13.5 Å². The van der Waals surface area contributed by atoms with Crippen LogP contribution in [0.5, 0.6) is 17.2 Å². The molecule has 0 amide bonds. The summed E-state index contributed by atoms with van der Waals surface area (Å²) in [4.78, 5) is 18.0. The Hall–Kier alpha value is -3.84. The van der Waals surface area contributed by atoms with Crippen molar-refractivity contribution in [1.82, 2.24) is 9.55 Å². The Morgan fingerprint density at radius 3 is 2.26 bits per heavy atom. The Kier molecular flexibility index (Phi) is 7.78. The third kappa shape index (κ3) is 5.38. The second-order valence-electron chi connectivity index (χ2n) is 7.48. The standard InChI is InChI=1S/C27H28N2O5/c1-3-33-24-10-6-7-11-25(24)34-19-18-32-17-16-29-26(20-12-14-21(31-2)15-13-20)28-23-9-5-4-8-22(23)27(29)30/h4-15H,3,16-19H2,1-2H3. The molecule has 7 heteroatoms. The second kappa shape index (κ2) is 11.3. The number of nitrogens with zero attached hydrogens (tertiary/aromatic N) is 2. The average molecular weight is 461 g/mol. The molecular formula is C27H28N2O5. The van der Waals surface area contributed by atoms with Crippen LogP contribution >= 0.6 is 0 Å². The van der Waals surface area contributed by atoms with Gasteiger partial charge in [-0.05, 0) is 55.5 Å². The Morgan fingerprint density at radius 1 is 0.824 bits per heavy atom. The lowest BCUT2D eigenvalue weighted by atomic mass is 10.1. The van der Waals surface area contributed by atoms with E-state index in [0.29, 0.717) is 61.2 Å². The summed E-state index contributed by atoms with van der Waals surface area (Å²) in [5.74, 6) is 2.73. The van der Waals surface area contributed by atoms with Crippen LogP contribution in [0.15, 0.2) is 77.6 Å². The third-order valence-corrected chi connectivity index (χ3v) is 5.30. The third-order valence-electron chi connectivity index (χ3n) is 5.30. The number of fused-ring (bicyclic) bond motifs is 1. The Bertz CT molecular complexity index is 1280. The fourth-order valence-corrected chi connectivity index (χ4v) is 3.65. The quantitative estimate of drug-likeness (QED) is 0.306. The lowest BCUT2D eigenvalue weighted by Gasteiger charge is -2.15. The summed E-state index contributed by atoms with van der Waals surface area (Å²) < 4.78 is 24.1. The molecule has 1 aromatic heterocycles. The molecule has 0 unspecified atom stereocenters.